The van der Waals surface area contributed by atoms with Crippen molar-refractivity contribution in [3.63, 3.8) is 0 Å². The molecule has 1 aromatic rings. The molecule has 23 heavy (non-hydrogen) atoms. The van der Waals surface area contributed by atoms with Crippen LogP contribution in [0.25, 0.3) is 0 Å². The highest BCUT2D eigenvalue weighted by atomic mass is 32.1. The highest BCUT2D eigenvalue weighted by molar-refractivity contribution is 7.09. The number of rotatable bonds is 4. The van der Waals surface area contributed by atoms with Gasteiger partial charge in [-0.15, -0.1) is 11.3 Å². The Morgan fingerprint density at radius 2 is 2.17 bits per heavy atom. The number of likely N-dealkylation sites (tertiary alicyclic amines) is 1. The molecule has 1 unspecified atom stereocenters. The third-order valence-corrected chi connectivity index (χ3v) is 4.86. The number of thiazole rings is 1. The number of nitrogens with zero attached hydrogens (tertiary/aromatic N) is 2. The van der Waals surface area contributed by atoms with E-state index in [2.05, 4.69) is 15.6 Å². The first-order valence-corrected chi connectivity index (χ1v) is 8.78. The predicted octanol–water partition coefficient (Wildman–Crippen LogP) is 2.43. The van der Waals surface area contributed by atoms with Crippen LogP contribution in [0.1, 0.15) is 43.4 Å². The molecule has 0 spiro atoms. The largest absolute Gasteiger partial charge is 0.450 e. The summed E-state index contributed by atoms with van der Waals surface area (Å²) in [5, 5.41) is 8.74. The summed E-state index contributed by atoms with van der Waals surface area (Å²) in [5.41, 5.74) is 0.963. The summed E-state index contributed by atoms with van der Waals surface area (Å²) in [7, 11) is 0. The van der Waals surface area contributed by atoms with Crippen molar-refractivity contribution in [3.8, 4) is 0 Å². The van der Waals surface area contributed by atoms with Gasteiger partial charge in [-0.3, -0.25) is 0 Å². The summed E-state index contributed by atoms with van der Waals surface area (Å²) in [6.45, 7) is 7.23. The second kappa shape index (κ2) is 8.14. The van der Waals surface area contributed by atoms with Crippen LogP contribution in [0.5, 0.6) is 0 Å². The van der Waals surface area contributed by atoms with Crippen molar-refractivity contribution >= 4 is 23.5 Å². The van der Waals surface area contributed by atoms with Gasteiger partial charge in [0.05, 0.1) is 12.6 Å². The quantitative estimate of drug-likeness (QED) is 0.882. The summed E-state index contributed by atoms with van der Waals surface area (Å²) in [4.78, 5) is 29.8. The molecule has 3 amide bonds. The molecular weight excluding hydrogens is 316 g/mol. The molecule has 1 aliphatic rings. The Morgan fingerprint density at radius 3 is 2.74 bits per heavy atom. The Labute approximate surface area is 140 Å². The molecule has 128 valence electrons. The number of amides is 3. The first-order valence-electron chi connectivity index (χ1n) is 7.90. The first kappa shape index (κ1) is 17.5. The average molecular weight is 340 g/mol. The lowest BCUT2D eigenvalue weighted by molar-refractivity contribution is 0.0957. The van der Waals surface area contributed by atoms with E-state index in [1.807, 2.05) is 19.2 Å². The fraction of sp³-hybridized carbons (Fsp3) is 0.667. The zero-order chi connectivity index (χ0) is 16.8. The van der Waals surface area contributed by atoms with Crippen molar-refractivity contribution in [1.82, 2.24) is 20.5 Å². The van der Waals surface area contributed by atoms with Gasteiger partial charge in [0.25, 0.3) is 0 Å². The van der Waals surface area contributed by atoms with Crippen LogP contribution in [0.2, 0.25) is 0 Å². The molecule has 1 saturated heterocycles. The van der Waals surface area contributed by atoms with Crippen molar-refractivity contribution in [3.05, 3.63) is 16.1 Å². The Hall–Kier alpha value is -1.83. The van der Waals surface area contributed by atoms with Gasteiger partial charge < -0.3 is 20.3 Å². The van der Waals surface area contributed by atoms with E-state index < -0.39 is 0 Å². The summed E-state index contributed by atoms with van der Waals surface area (Å²) < 4.78 is 4.98. The molecule has 1 aromatic heterocycles. The molecule has 1 fully saturated rings. The molecule has 8 heteroatoms. The molecule has 1 atom stereocenters. The topological polar surface area (TPSA) is 83.6 Å². The van der Waals surface area contributed by atoms with Crippen LogP contribution < -0.4 is 10.6 Å². The molecule has 0 saturated carbocycles. The Kier molecular flexibility index (Phi) is 6.20. The number of ether oxygens (including phenoxy) is 1. The zero-order valence-corrected chi connectivity index (χ0v) is 14.6. The van der Waals surface area contributed by atoms with Crippen molar-refractivity contribution < 1.29 is 14.3 Å². The van der Waals surface area contributed by atoms with Gasteiger partial charge in [0.2, 0.25) is 0 Å². The van der Waals surface area contributed by atoms with E-state index in [1.54, 1.807) is 23.2 Å². The highest BCUT2D eigenvalue weighted by Crippen LogP contribution is 2.17. The minimum atomic E-state index is -0.275. The number of carbonyl (C=O) groups is 2. The second-order valence-electron chi connectivity index (χ2n) is 5.63. The lowest BCUT2D eigenvalue weighted by Gasteiger charge is -2.31. The van der Waals surface area contributed by atoms with Gasteiger partial charge in [-0.25, -0.2) is 14.6 Å². The standard InChI is InChI=1S/C15H24N4O3S/c1-4-22-15(21)19-7-5-12(6-8-19)18-14(20)17-11(3)13-16-10(2)9-23-13/h9,11-12H,4-8H2,1-3H3,(H2,17,18,20). The third-order valence-electron chi connectivity index (χ3n) is 3.71. The van der Waals surface area contributed by atoms with Crippen molar-refractivity contribution in [2.24, 2.45) is 0 Å². The Bertz CT molecular complexity index is 541. The maximum absolute atomic E-state index is 12.1. The lowest BCUT2D eigenvalue weighted by Crippen LogP contribution is -2.49. The van der Waals surface area contributed by atoms with Crippen molar-refractivity contribution in [2.45, 2.75) is 45.7 Å². The predicted molar refractivity (Wildman–Crippen MR) is 88.6 cm³/mol. The van der Waals surface area contributed by atoms with Crippen molar-refractivity contribution in [2.75, 3.05) is 19.7 Å². The number of hydrogen-bond acceptors (Lipinski definition) is 5. The van der Waals surface area contributed by atoms with Gasteiger partial charge in [0, 0.05) is 30.2 Å². The smallest absolute Gasteiger partial charge is 0.409 e. The molecule has 2 N–H and O–H groups in total. The molecule has 2 heterocycles. The normalized spacial score (nSPS) is 16.7. The Balaban J connectivity index is 1.73. The molecule has 0 aromatic carbocycles. The van der Waals surface area contributed by atoms with Gasteiger partial charge >= 0.3 is 12.1 Å². The van der Waals surface area contributed by atoms with E-state index in [0.717, 1.165) is 23.5 Å². The summed E-state index contributed by atoms with van der Waals surface area (Å²) in [5.74, 6) is 0. The summed E-state index contributed by atoms with van der Waals surface area (Å²) in [6, 6.07) is -0.237. The van der Waals surface area contributed by atoms with Gasteiger partial charge in [-0.05, 0) is 33.6 Å². The van der Waals surface area contributed by atoms with Crippen LogP contribution >= 0.6 is 11.3 Å². The molecular formula is C15H24N4O3S. The Morgan fingerprint density at radius 1 is 1.48 bits per heavy atom. The highest BCUT2D eigenvalue weighted by Gasteiger charge is 2.25. The zero-order valence-electron chi connectivity index (χ0n) is 13.8. The number of piperidine rings is 1. The summed E-state index contributed by atoms with van der Waals surface area (Å²) >= 11 is 1.54. The maximum atomic E-state index is 12.1. The van der Waals surface area contributed by atoms with Crippen LogP contribution in [0.15, 0.2) is 5.38 Å². The van der Waals surface area contributed by atoms with E-state index >= 15 is 0 Å². The van der Waals surface area contributed by atoms with Gasteiger partial charge in [-0.2, -0.15) is 0 Å². The van der Waals surface area contributed by atoms with Crippen LogP contribution in [-0.2, 0) is 4.74 Å². The SMILES string of the molecule is CCOC(=O)N1CCC(NC(=O)NC(C)c2nc(C)cs2)CC1. The average Bonchev–Trinajstić information content (AvgIpc) is 2.95. The third kappa shape index (κ3) is 5.09. The fourth-order valence-corrected chi connectivity index (χ4v) is 3.28. The minimum Gasteiger partial charge on any atom is -0.450 e. The first-order chi connectivity index (χ1) is 11.0. The van der Waals surface area contributed by atoms with Crippen LogP contribution in [-0.4, -0.2) is 47.7 Å². The summed E-state index contributed by atoms with van der Waals surface area (Å²) in [6.07, 6.45) is 1.19. The van der Waals surface area contributed by atoms with E-state index in [0.29, 0.717) is 19.7 Å². The van der Waals surface area contributed by atoms with Crippen LogP contribution in [0.3, 0.4) is 0 Å². The lowest BCUT2D eigenvalue weighted by atomic mass is 10.1. The van der Waals surface area contributed by atoms with Gasteiger partial charge in [0.1, 0.15) is 5.01 Å². The van der Waals surface area contributed by atoms with Gasteiger partial charge in [-0.1, -0.05) is 0 Å². The molecule has 0 radical (unpaired) electrons. The van der Waals surface area contributed by atoms with Gasteiger partial charge in [0.15, 0.2) is 0 Å². The molecule has 0 bridgehead atoms. The second-order valence-corrected chi connectivity index (χ2v) is 6.52. The van der Waals surface area contributed by atoms with Crippen LogP contribution in [0, 0.1) is 6.92 Å². The number of aromatic nitrogens is 1. The van der Waals surface area contributed by atoms with Crippen LogP contribution in [0.4, 0.5) is 9.59 Å². The molecule has 1 aliphatic heterocycles. The number of nitrogens with one attached hydrogen (secondary N) is 2. The number of hydrogen-bond donors (Lipinski definition) is 2. The monoisotopic (exact) mass is 340 g/mol. The minimum absolute atomic E-state index is 0.0749. The van der Waals surface area contributed by atoms with E-state index in [-0.39, 0.29) is 24.2 Å². The van der Waals surface area contributed by atoms with E-state index in [1.165, 1.54) is 0 Å². The van der Waals surface area contributed by atoms with E-state index in [4.69, 9.17) is 4.74 Å². The van der Waals surface area contributed by atoms with Crippen molar-refractivity contribution in [1.29, 1.82) is 0 Å². The fourth-order valence-electron chi connectivity index (χ4n) is 2.48. The molecule has 7 nitrogen and oxygen atoms in total. The number of urea groups is 1. The molecule has 2 rings (SSSR count). The van der Waals surface area contributed by atoms with E-state index in [9.17, 15) is 9.59 Å². The number of carbonyl (C=O) groups excluding carboxylic acids is 2. The number of aryl methyl sites for hydroxylation is 1. The maximum Gasteiger partial charge on any atom is 0.409 e. The molecule has 0 aliphatic carbocycles.